The number of urea groups is 1. The van der Waals surface area contributed by atoms with Crippen LogP contribution in [0.4, 0.5) is 10.5 Å². The Morgan fingerprint density at radius 2 is 2.00 bits per heavy atom. The van der Waals surface area contributed by atoms with Crippen molar-refractivity contribution in [3.63, 3.8) is 0 Å². The highest BCUT2D eigenvalue weighted by molar-refractivity contribution is 7.91. The van der Waals surface area contributed by atoms with Gasteiger partial charge in [-0.05, 0) is 60.8 Å². The van der Waals surface area contributed by atoms with E-state index in [-0.39, 0.29) is 30.0 Å². The fraction of sp³-hybridized carbons (Fsp3) is 0.474. The molecule has 9 nitrogen and oxygen atoms in total. The lowest BCUT2D eigenvalue weighted by Crippen LogP contribution is -2.19. The van der Waals surface area contributed by atoms with Gasteiger partial charge in [-0.25, -0.2) is 18.8 Å². The Morgan fingerprint density at radius 3 is 2.66 bits per heavy atom. The van der Waals surface area contributed by atoms with Crippen molar-refractivity contribution in [2.24, 2.45) is 9.50 Å². The van der Waals surface area contributed by atoms with Crippen LogP contribution in [0.1, 0.15) is 41.1 Å². The number of hydrogen-bond donors (Lipinski definition) is 3. The molecule has 0 spiro atoms. The van der Waals surface area contributed by atoms with Gasteiger partial charge in [0.05, 0.1) is 12.8 Å². The van der Waals surface area contributed by atoms with Gasteiger partial charge in [0.1, 0.15) is 17.5 Å². The molecule has 5 rings (SSSR count). The quantitative estimate of drug-likeness (QED) is 0.700. The third-order valence-corrected chi connectivity index (χ3v) is 7.27. The van der Waals surface area contributed by atoms with Crippen molar-refractivity contribution in [1.29, 1.82) is 0 Å². The van der Waals surface area contributed by atoms with E-state index >= 15 is 0 Å². The smallest absolute Gasteiger partial charge is 0.354 e. The highest BCUT2D eigenvalue weighted by Gasteiger charge is 2.31. The number of nitrogens with zero attached hydrogens (tertiary/aromatic N) is 3. The van der Waals surface area contributed by atoms with Gasteiger partial charge in [0.2, 0.25) is 5.88 Å². The Bertz CT molecular complexity index is 1100. The zero-order chi connectivity index (χ0) is 20.2. The molecule has 2 aromatic rings. The van der Waals surface area contributed by atoms with Gasteiger partial charge in [-0.15, -0.1) is 4.36 Å². The maximum Gasteiger partial charge on any atom is 0.354 e. The molecule has 0 radical (unpaired) electrons. The van der Waals surface area contributed by atoms with Crippen molar-refractivity contribution in [3.8, 4) is 5.88 Å². The molecule has 0 saturated heterocycles. The van der Waals surface area contributed by atoms with Crippen LogP contribution < -0.4 is 15.2 Å². The monoisotopic (exact) mass is 417 g/mol. The van der Waals surface area contributed by atoms with Crippen LogP contribution in [-0.2, 0) is 35.6 Å². The Hall–Kier alpha value is -2.43. The first kappa shape index (κ1) is 18.6. The highest BCUT2D eigenvalue weighted by atomic mass is 32.2. The fourth-order valence-corrected chi connectivity index (χ4v) is 5.57. The molecule has 2 atom stereocenters. The van der Waals surface area contributed by atoms with E-state index in [1.807, 2.05) is 0 Å². The van der Waals surface area contributed by atoms with E-state index < -0.39 is 15.9 Å². The van der Waals surface area contributed by atoms with Gasteiger partial charge in [-0.2, -0.15) is 5.10 Å². The van der Waals surface area contributed by atoms with E-state index in [0.29, 0.717) is 0 Å². The summed E-state index contributed by atoms with van der Waals surface area (Å²) in [5.74, 6) is 0.189. The summed E-state index contributed by atoms with van der Waals surface area (Å²) in [6, 6.07) is 1.18. The van der Waals surface area contributed by atoms with Crippen molar-refractivity contribution in [1.82, 2.24) is 9.78 Å². The summed E-state index contributed by atoms with van der Waals surface area (Å²) in [5, 5.41) is 22.2. The number of carbonyl (C=O) groups excluding carboxylic acids is 1. The highest BCUT2D eigenvalue weighted by Crippen LogP contribution is 2.39. The van der Waals surface area contributed by atoms with Crippen molar-refractivity contribution in [2.45, 2.75) is 49.5 Å². The Balaban J connectivity index is 1.47. The lowest BCUT2D eigenvalue weighted by atomic mass is 9.99. The van der Waals surface area contributed by atoms with E-state index in [9.17, 15) is 14.1 Å². The average Bonchev–Trinajstić information content (AvgIpc) is 3.43. The third-order valence-electron chi connectivity index (χ3n) is 5.93. The van der Waals surface area contributed by atoms with Crippen LogP contribution >= 0.6 is 0 Å². The second-order valence-electron chi connectivity index (χ2n) is 7.73. The molecule has 29 heavy (non-hydrogen) atoms. The fourth-order valence-electron chi connectivity index (χ4n) is 4.58. The van der Waals surface area contributed by atoms with Crippen LogP contribution in [-0.4, -0.2) is 38.3 Å². The number of rotatable bonds is 3. The number of anilines is 1. The molecule has 154 valence electrons. The first-order valence-corrected chi connectivity index (χ1v) is 11.4. The number of hydrogen-bond acceptors (Lipinski definition) is 5. The SMILES string of the molecule is N[S@](=O)(=NC(=O)Nc1c2c(cc3c1CCC3)CCC2)c1cnn2c1OC[C@@H]2CO. The number of aliphatic hydroxyl groups is 1. The topological polar surface area (TPSA) is 132 Å². The van der Waals surface area contributed by atoms with Crippen LogP contribution in [0.15, 0.2) is 21.5 Å². The van der Waals surface area contributed by atoms with Gasteiger partial charge >= 0.3 is 6.03 Å². The number of fused-ring (bicyclic) bond motifs is 3. The number of amides is 2. The van der Waals surface area contributed by atoms with Gasteiger partial charge in [0.25, 0.3) is 0 Å². The minimum Gasteiger partial charge on any atom is -0.475 e. The molecule has 0 unspecified atom stereocenters. The molecule has 1 aliphatic heterocycles. The van der Waals surface area contributed by atoms with Crippen LogP contribution in [0.2, 0.25) is 0 Å². The van der Waals surface area contributed by atoms with E-state index in [1.54, 1.807) is 0 Å². The Kier molecular flexibility index (Phi) is 4.37. The number of nitrogens with two attached hydrogens (primary N) is 1. The molecule has 4 N–H and O–H groups in total. The summed E-state index contributed by atoms with van der Waals surface area (Å²) >= 11 is 0. The number of aliphatic hydroxyl groups excluding tert-OH is 1. The zero-order valence-electron chi connectivity index (χ0n) is 15.9. The number of nitrogens with one attached hydrogen (secondary N) is 1. The van der Waals surface area contributed by atoms with Crippen molar-refractivity contribution < 1.29 is 18.8 Å². The van der Waals surface area contributed by atoms with E-state index in [0.717, 1.165) is 44.2 Å². The van der Waals surface area contributed by atoms with Gasteiger partial charge < -0.3 is 15.2 Å². The molecular weight excluding hydrogens is 394 g/mol. The van der Waals surface area contributed by atoms with Crippen LogP contribution in [0.5, 0.6) is 5.88 Å². The first-order valence-electron chi connectivity index (χ1n) is 9.81. The molecule has 2 heterocycles. The molecule has 0 saturated carbocycles. The van der Waals surface area contributed by atoms with Gasteiger partial charge in [-0.3, -0.25) is 0 Å². The van der Waals surface area contributed by atoms with E-state index in [4.69, 9.17) is 9.88 Å². The summed E-state index contributed by atoms with van der Waals surface area (Å²) in [6.45, 7) is 0.0401. The number of carbonyl (C=O) groups is 1. The maximum atomic E-state index is 13.0. The predicted molar refractivity (Wildman–Crippen MR) is 106 cm³/mol. The van der Waals surface area contributed by atoms with E-state index in [2.05, 4.69) is 20.8 Å². The molecule has 1 aromatic carbocycles. The van der Waals surface area contributed by atoms with Crippen molar-refractivity contribution >= 4 is 21.6 Å². The Morgan fingerprint density at radius 1 is 1.31 bits per heavy atom. The van der Waals surface area contributed by atoms with Crippen molar-refractivity contribution in [3.05, 3.63) is 34.5 Å². The normalized spacial score (nSPS) is 21.1. The minimum atomic E-state index is -3.55. The molecule has 0 fully saturated rings. The minimum absolute atomic E-state index is 0.0621. The summed E-state index contributed by atoms with van der Waals surface area (Å²) in [7, 11) is -3.55. The van der Waals surface area contributed by atoms with Crippen LogP contribution in [0, 0.1) is 0 Å². The number of ether oxygens (including phenoxy) is 1. The molecule has 0 bridgehead atoms. The average molecular weight is 417 g/mol. The molecule has 2 aliphatic carbocycles. The standard InChI is InChI=1S/C19H23N5O4S/c20-29(27,16-8-21-24-13(9-25)10-28-18(16)24)23-19(26)22-17-14-5-1-3-11(14)7-12-4-2-6-15(12)17/h7-8,13,25H,1-6,9-10H2,(H3,20,22,23,26,27)/t13-,29-/m0/s1. The molecule has 3 aliphatic rings. The third kappa shape index (κ3) is 3.02. The zero-order valence-corrected chi connectivity index (χ0v) is 16.7. The lowest BCUT2D eigenvalue weighted by molar-refractivity contribution is 0.206. The van der Waals surface area contributed by atoms with Gasteiger partial charge in [-0.1, -0.05) is 6.07 Å². The lowest BCUT2D eigenvalue weighted by Gasteiger charge is -2.15. The second kappa shape index (κ2) is 6.82. The number of aromatic nitrogens is 2. The van der Waals surface area contributed by atoms with Crippen LogP contribution in [0.25, 0.3) is 0 Å². The summed E-state index contributed by atoms with van der Waals surface area (Å²) in [4.78, 5) is 12.8. The maximum absolute atomic E-state index is 13.0. The molecular formula is C19H23N5O4S. The summed E-state index contributed by atoms with van der Waals surface area (Å²) < 4.78 is 23.7. The predicted octanol–water partition coefficient (Wildman–Crippen LogP) is 1.72. The second-order valence-corrected chi connectivity index (χ2v) is 9.49. The van der Waals surface area contributed by atoms with Crippen LogP contribution in [0.3, 0.4) is 0 Å². The number of benzene rings is 1. The summed E-state index contributed by atoms with van der Waals surface area (Å²) in [6.07, 6.45) is 7.29. The largest absolute Gasteiger partial charge is 0.475 e. The van der Waals surface area contributed by atoms with Gasteiger partial charge in [0, 0.05) is 5.69 Å². The van der Waals surface area contributed by atoms with Crippen molar-refractivity contribution in [2.75, 3.05) is 18.5 Å². The summed E-state index contributed by atoms with van der Waals surface area (Å²) in [5.41, 5.74) is 5.73. The molecule has 2 amide bonds. The molecule has 10 heteroatoms. The van der Waals surface area contributed by atoms with Gasteiger partial charge in [0.15, 0.2) is 9.92 Å². The number of aryl methyl sites for hydroxylation is 2. The molecule has 1 aromatic heterocycles. The Labute approximate surface area is 168 Å². The first-order chi connectivity index (χ1) is 14.0. The van der Waals surface area contributed by atoms with E-state index in [1.165, 1.54) is 33.1 Å².